The van der Waals surface area contributed by atoms with Crippen LogP contribution in [0.1, 0.15) is 6.42 Å². The van der Waals surface area contributed by atoms with Gasteiger partial charge in [-0.1, -0.05) is 24.3 Å². The zero-order valence-corrected chi connectivity index (χ0v) is 6.35. The van der Waals surface area contributed by atoms with Crippen molar-refractivity contribution in [1.82, 2.24) is 0 Å². The highest BCUT2D eigenvalue weighted by atomic mass is 16.3. The van der Waals surface area contributed by atoms with E-state index < -0.39 is 0 Å². The van der Waals surface area contributed by atoms with Gasteiger partial charge in [0.2, 0.25) is 0 Å². The Bertz CT molecular complexity index is 241. The van der Waals surface area contributed by atoms with Crippen LogP contribution in [0.4, 0.5) is 0 Å². The van der Waals surface area contributed by atoms with Crippen molar-refractivity contribution in [2.24, 2.45) is 23.7 Å². The summed E-state index contributed by atoms with van der Waals surface area (Å²) in [4.78, 5) is 0. The van der Waals surface area contributed by atoms with Crippen LogP contribution in [0.25, 0.3) is 0 Å². The minimum absolute atomic E-state index is 0.153. The Morgan fingerprint density at radius 1 is 1.00 bits per heavy atom. The Labute approximate surface area is 66.4 Å². The first-order valence-electron chi connectivity index (χ1n) is 4.41. The molecule has 1 saturated carbocycles. The lowest BCUT2D eigenvalue weighted by atomic mass is 9.84. The molecule has 0 amide bonds. The summed E-state index contributed by atoms with van der Waals surface area (Å²) in [5.41, 5.74) is 0. The molecule has 0 radical (unpaired) electrons. The lowest BCUT2D eigenvalue weighted by Crippen LogP contribution is -2.23. The molecule has 0 unspecified atom stereocenters. The van der Waals surface area contributed by atoms with Gasteiger partial charge in [0, 0.05) is 5.92 Å². The Hall–Kier alpha value is -0.560. The molecule has 0 aromatic rings. The molecule has 3 aliphatic carbocycles. The summed E-state index contributed by atoms with van der Waals surface area (Å²) in [6.07, 6.45) is 9.94. The summed E-state index contributed by atoms with van der Waals surface area (Å²) in [6.45, 7) is 0. The molecule has 1 N–H and O–H groups in total. The molecule has 0 spiro atoms. The molecule has 0 aromatic carbocycles. The number of aliphatic hydroxyl groups is 1. The number of rotatable bonds is 0. The second kappa shape index (κ2) is 1.78. The van der Waals surface area contributed by atoms with E-state index in [0.717, 1.165) is 5.92 Å². The fourth-order valence-electron chi connectivity index (χ4n) is 3.02. The molecular weight excluding hydrogens is 136 g/mol. The Kier molecular flexibility index (Phi) is 0.972. The van der Waals surface area contributed by atoms with Crippen molar-refractivity contribution in [3.8, 4) is 0 Å². The molecular formula is C10H12O. The summed E-state index contributed by atoms with van der Waals surface area (Å²) in [5, 5.41) is 9.60. The standard InChI is InChI=1S/C10H12O/c11-9-4-3-8-6-1-2-7(5-6)10(8)9/h1-4,6-11H,5H2/t6-,7-,8+,9-,10-/m0/s1. The van der Waals surface area contributed by atoms with Gasteiger partial charge in [-0.2, -0.15) is 0 Å². The van der Waals surface area contributed by atoms with E-state index in [4.69, 9.17) is 0 Å². The summed E-state index contributed by atoms with van der Waals surface area (Å²) in [6, 6.07) is 0. The smallest absolute Gasteiger partial charge is 0.0760 e. The SMILES string of the molecule is O[C@H]1C=C[C@H]2[C@@H]1[C@H]1C=C[C@H]2C1. The van der Waals surface area contributed by atoms with Crippen LogP contribution in [0.3, 0.4) is 0 Å². The lowest BCUT2D eigenvalue weighted by molar-refractivity contribution is 0.132. The Morgan fingerprint density at radius 2 is 1.82 bits per heavy atom. The van der Waals surface area contributed by atoms with Crippen molar-refractivity contribution in [2.45, 2.75) is 12.5 Å². The van der Waals surface area contributed by atoms with E-state index in [-0.39, 0.29) is 6.10 Å². The highest BCUT2D eigenvalue weighted by Crippen LogP contribution is 2.52. The highest BCUT2D eigenvalue weighted by molar-refractivity contribution is 5.24. The fraction of sp³-hybridized carbons (Fsp3) is 0.600. The van der Waals surface area contributed by atoms with Gasteiger partial charge in [-0.3, -0.25) is 0 Å². The molecule has 1 nitrogen and oxygen atoms in total. The van der Waals surface area contributed by atoms with Crippen LogP contribution in [-0.4, -0.2) is 11.2 Å². The average molecular weight is 148 g/mol. The van der Waals surface area contributed by atoms with Crippen LogP contribution in [0.2, 0.25) is 0 Å². The summed E-state index contributed by atoms with van der Waals surface area (Å²) in [7, 11) is 0. The van der Waals surface area contributed by atoms with Gasteiger partial charge in [-0.25, -0.2) is 0 Å². The quantitative estimate of drug-likeness (QED) is 0.514. The second-order valence-electron chi connectivity index (χ2n) is 3.98. The molecule has 0 aliphatic heterocycles. The van der Waals surface area contributed by atoms with E-state index in [2.05, 4.69) is 18.2 Å². The minimum Gasteiger partial charge on any atom is -0.389 e. The molecule has 5 atom stereocenters. The van der Waals surface area contributed by atoms with Gasteiger partial charge in [0.05, 0.1) is 6.10 Å². The van der Waals surface area contributed by atoms with Crippen LogP contribution in [0.5, 0.6) is 0 Å². The molecule has 58 valence electrons. The minimum atomic E-state index is -0.153. The molecule has 0 heterocycles. The first-order valence-corrected chi connectivity index (χ1v) is 4.41. The molecule has 3 rings (SSSR count). The maximum Gasteiger partial charge on any atom is 0.0760 e. The lowest BCUT2D eigenvalue weighted by Gasteiger charge is -2.22. The summed E-state index contributed by atoms with van der Waals surface area (Å²) in [5.74, 6) is 2.62. The van der Waals surface area contributed by atoms with Crippen molar-refractivity contribution in [3.63, 3.8) is 0 Å². The van der Waals surface area contributed by atoms with Gasteiger partial charge in [0.15, 0.2) is 0 Å². The van der Waals surface area contributed by atoms with E-state index in [0.29, 0.717) is 17.8 Å². The second-order valence-corrected chi connectivity index (χ2v) is 3.98. The third kappa shape index (κ3) is 0.603. The van der Waals surface area contributed by atoms with Crippen molar-refractivity contribution in [1.29, 1.82) is 0 Å². The topological polar surface area (TPSA) is 20.2 Å². The molecule has 11 heavy (non-hydrogen) atoms. The molecule has 1 heteroatoms. The van der Waals surface area contributed by atoms with Gasteiger partial charge in [0.25, 0.3) is 0 Å². The number of hydrogen-bond donors (Lipinski definition) is 1. The predicted molar refractivity (Wildman–Crippen MR) is 42.9 cm³/mol. The van der Waals surface area contributed by atoms with Gasteiger partial charge in [-0.15, -0.1) is 0 Å². The molecule has 0 aromatic heterocycles. The van der Waals surface area contributed by atoms with E-state index in [1.807, 2.05) is 6.08 Å². The normalized spacial score (nSPS) is 57.4. The number of fused-ring (bicyclic) bond motifs is 5. The Morgan fingerprint density at radius 3 is 2.64 bits per heavy atom. The van der Waals surface area contributed by atoms with E-state index in [1.165, 1.54) is 6.42 Å². The maximum absolute atomic E-state index is 9.60. The number of allylic oxidation sites excluding steroid dienone is 3. The third-order valence-electron chi connectivity index (χ3n) is 3.51. The number of aliphatic hydroxyl groups excluding tert-OH is 1. The van der Waals surface area contributed by atoms with Gasteiger partial charge >= 0.3 is 0 Å². The third-order valence-corrected chi connectivity index (χ3v) is 3.51. The van der Waals surface area contributed by atoms with E-state index >= 15 is 0 Å². The predicted octanol–water partition coefficient (Wildman–Crippen LogP) is 1.36. The molecule has 1 fully saturated rings. The molecule has 3 aliphatic rings. The van der Waals surface area contributed by atoms with Crippen LogP contribution in [0, 0.1) is 23.7 Å². The Balaban J connectivity index is 2.02. The number of hydrogen-bond acceptors (Lipinski definition) is 1. The average Bonchev–Trinajstić information content (AvgIpc) is 2.60. The zero-order chi connectivity index (χ0) is 7.42. The zero-order valence-electron chi connectivity index (χ0n) is 6.35. The van der Waals surface area contributed by atoms with Gasteiger partial charge in [-0.05, 0) is 24.2 Å². The van der Waals surface area contributed by atoms with Crippen molar-refractivity contribution < 1.29 is 5.11 Å². The van der Waals surface area contributed by atoms with Gasteiger partial charge in [0.1, 0.15) is 0 Å². The highest BCUT2D eigenvalue weighted by Gasteiger charge is 2.48. The first-order chi connectivity index (χ1) is 5.36. The van der Waals surface area contributed by atoms with Crippen molar-refractivity contribution in [2.75, 3.05) is 0 Å². The van der Waals surface area contributed by atoms with Crippen LogP contribution < -0.4 is 0 Å². The van der Waals surface area contributed by atoms with Crippen LogP contribution in [0.15, 0.2) is 24.3 Å². The van der Waals surface area contributed by atoms with E-state index in [9.17, 15) is 5.11 Å². The van der Waals surface area contributed by atoms with Crippen molar-refractivity contribution in [3.05, 3.63) is 24.3 Å². The maximum atomic E-state index is 9.60. The van der Waals surface area contributed by atoms with Gasteiger partial charge < -0.3 is 5.11 Å². The van der Waals surface area contributed by atoms with E-state index in [1.54, 1.807) is 0 Å². The summed E-state index contributed by atoms with van der Waals surface area (Å²) < 4.78 is 0. The fourth-order valence-corrected chi connectivity index (χ4v) is 3.02. The largest absolute Gasteiger partial charge is 0.389 e. The van der Waals surface area contributed by atoms with Crippen LogP contribution >= 0.6 is 0 Å². The summed E-state index contributed by atoms with van der Waals surface area (Å²) >= 11 is 0. The molecule has 0 saturated heterocycles. The monoisotopic (exact) mass is 148 g/mol. The first kappa shape index (κ1) is 6.01. The molecule has 2 bridgehead atoms. The van der Waals surface area contributed by atoms with Crippen molar-refractivity contribution >= 4 is 0 Å². The van der Waals surface area contributed by atoms with Crippen LogP contribution in [-0.2, 0) is 0 Å².